The van der Waals surface area contributed by atoms with Crippen LogP contribution in [0.15, 0.2) is 109 Å². The predicted octanol–water partition coefficient (Wildman–Crippen LogP) is 16.3. The van der Waals surface area contributed by atoms with Crippen LogP contribution in [0.4, 0.5) is 0 Å². The van der Waals surface area contributed by atoms with Crippen LogP contribution in [0.2, 0.25) is 0 Å². The maximum atomic E-state index is 13.2. The molecule has 0 aliphatic carbocycles. The number of carbonyl (C=O) groups is 2. The van der Waals surface area contributed by atoms with E-state index in [9.17, 15) is 19.8 Å². The molecule has 0 aromatic rings. The smallest absolute Gasteiger partial charge is 0.306 e. The van der Waals surface area contributed by atoms with E-state index < -0.39 is 18.2 Å². The molecule has 0 aromatic heterocycles. The van der Waals surface area contributed by atoms with Gasteiger partial charge in [-0.2, -0.15) is 0 Å². The standard InChI is InChI=1S/C59H99NO5/c1-4-7-10-13-16-19-22-24-26-28-29-31-33-35-37-40-43-46-49-52-59(64)65-55(50-47-44-41-38-36-34-32-30-27-25-23-20-17-14-11-8-5-2)53-58(63)60-56(54-61)57(62)51-48-45-42-39-21-18-15-12-9-6-3/h8,11,16-17,19-20,24-27,29,31-32,34,38,41,47,50,55-57,61-62H,4-7,9-10,12-15,18,21-23,28,30,33,35-37,39-40,42-46,48-49,51-54H2,1-3H3,(H,60,63)/b11-8-,19-16-,20-17-,26-24-,27-25-,31-29-,34-32-,41-38-,50-47-. The van der Waals surface area contributed by atoms with Crippen LogP contribution in [-0.4, -0.2) is 46.9 Å². The number of amides is 1. The number of unbranched alkanes of at least 4 members (excludes halogenated alkanes) is 18. The average Bonchev–Trinajstić information content (AvgIpc) is 3.30. The summed E-state index contributed by atoms with van der Waals surface area (Å²) in [6.07, 6.45) is 70.3. The minimum Gasteiger partial charge on any atom is -0.458 e. The molecule has 0 aliphatic rings. The molecule has 65 heavy (non-hydrogen) atoms. The quantitative estimate of drug-likeness (QED) is 0.0321. The van der Waals surface area contributed by atoms with Crippen LogP contribution in [0.5, 0.6) is 0 Å². The van der Waals surface area contributed by atoms with E-state index >= 15 is 0 Å². The molecule has 6 heteroatoms. The summed E-state index contributed by atoms with van der Waals surface area (Å²) in [5.41, 5.74) is 0. The zero-order valence-electron chi connectivity index (χ0n) is 42.1. The van der Waals surface area contributed by atoms with E-state index in [1.165, 1.54) is 83.5 Å². The number of allylic oxidation sites excluding steroid dienone is 17. The van der Waals surface area contributed by atoms with Gasteiger partial charge in [-0.1, -0.05) is 227 Å². The number of hydrogen-bond acceptors (Lipinski definition) is 5. The number of aliphatic hydroxyl groups excluding tert-OH is 2. The third-order valence-corrected chi connectivity index (χ3v) is 11.3. The minimum absolute atomic E-state index is 0.0589. The van der Waals surface area contributed by atoms with Crippen molar-refractivity contribution in [3.63, 3.8) is 0 Å². The highest BCUT2D eigenvalue weighted by Crippen LogP contribution is 2.15. The van der Waals surface area contributed by atoms with Crippen molar-refractivity contribution in [3.8, 4) is 0 Å². The zero-order valence-corrected chi connectivity index (χ0v) is 42.1. The Bertz CT molecular complexity index is 1330. The fraction of sp³-hybridized carbons (Fsp3) is 0.661. The van der Waals surface area contributed by atoms with Gasteiger partial charge < -0.3 is 20.3 Å². The molecule has 0 fully saturated rings. The molecule has 1 amide bonds. The Morgan fingerprint density at radius 1 is 0.477 bits per heavy atom. The maximum absolute atomic E-state index is 13.2. The van der Waals surface area contributed by atoms with Gasteiger partial charge in [0.1, 0.15) is 6.10 Å². The first kappa shape index (κ1) is 61.5. The van der Waals surface area contributed by atoms with Crippen molar-refractivity contribution < 1.29 is 24.5 Å². The average molecular weight is 902 g/mol. The molecule has 0 heterocycles. The van der Waals surface area contributed by atoms with Crippen LogP contribution in [-0.2, 0) is 14.3 Å². The van der Waals surface area contributed by atoms with Crippen LogP contribution < -0.4 is 5.32 Å². The van der Waals surface area contributed by atoms with Gasteiger partial charge in [-0.25, -0.2) is 0 Å². The molecule has 0 radical (unpaired) electrons. The lowest BCUT2D eigenvalue weighted by Crippen LogP contribution is -2.46. The van der Waals surface area contributed by atoms with Gasteiger partial charge in [0.15, 0.2) is 0 Å². The van der Waals surface area contributed by atoms with Crippen molar-refractivity contribution in [1.82, 2.24) is 5.32 Å². The molecule has 0 bridgehead atoms. The third-order valence-electron chi connectivity index (χ3n) is 11.3. The van der Waals surface area contributed by atoms with Gasteiger partial charge in [-0.05, 0) is 96.0 Å². The molecule has 6 nitrogen and oxygen atoms in total. The summed E-state index contributed by atoms with van der Waals surface area (Å²) in [5.74, 6) is -0.653. The summed E-state index contributed by atoms with van der Waals surface area (Å²) in [6, 6.07) is -0.752. The number of ether oxygens (including phenoxy) is 1. The van der Waals surface area contributed by atoms with Crippen LogP contribution in [0, 0.1) is 0 Å². The first-order valence-electron chi connectivity index (χ1n) is 26.6. The van der Waals surface area contributed by atoms with E-state index in [0.29, 0.717) is 19.3 Å². The second-order valence-electron chi connectivity index (χ2n) is 17.5. The van der Waals surface area contributed by atoms with Crippen molar-refractivity contribution >= 4 is 11.9 Å². The molecular formula is C59H99NO5. The molecule has 0 spiro atoms. The summed E-state index contributed by atoms with van der Waals surface area (Å²) in [4.78, 5) is 26.1. The van der Waals surface area contributed by atoms with Crippen LogP contribution >= 0.6 is 0 Å². The SMILES string of the molecule is CC/C=C\C/C=C\C/C=C\C/C=C\C/C=C\C/C=C\C(CC(=O)NC(CO)C(O)CCCCCCCCCCCC)OC(=O)CCCCCCCC/C=C\C/C=C\C/C=C\CCCCC. The number of rotatable bonds is 46. The molecule has 0 saturated heterocycles. The van der Waals surface area contributed by atoms with Gasteiger partial charge in [-0.15, -0.1) is 0 Å². The molecule has 0 saturated carbocycles. The summed E-state index contributed by atoms with van der Waals surface area (Å²) in [5, 5.41) is 23.7. The maximum Gasteiger partial charge on any atom is 0.306 e. The lowest BCUT2D eigenvalue weighted by atomic mass is 10.0. The fourth-order valence-electron chi connectivity index (χ4n) is 7.32. The zero-order chi connectivity index (χ0) is 47.4. The second kappa shape index (κ2) is 51.5. The van der Waals surface area contributed by atoms with Gasteiger partial charge >= 0.3 is 5.97 Å². The lowest BCUT2D eigenvalue weighted by Gasteiger charge is -2.23. The molecule has 0 rings (SSSR count). The number of nitrogens with one attached hydrogen (secondary N) is 1. The Labute approximate surface area is 400 Å². The Morgan fingerprint density at radius 2 is 0.862 bits per heavy atom. The van der Waals surface area contributed by atoms with Crippen molar-refractivity contribution in [2.45, 2.75) is 244 Å². The van der Waals surface area contributed by atoms with E-state index in [1.54, 1.807) is 6.08 Å². The highest BCUT2D eigenvalue weighted by Gasteiger charge is 2.23. The van der Waals surface area contributed by atoms with Crippen molar-refractivity contribution in [2.75, 3.05) is 6.61 Å². The molecular weight excluding hydrogens is 803 g/mol. The molecule has 3 unspecified atom stereocenters. The Balaban J connectivity index is 4.78. The van der Waals surface area contributed by atoms with E-state index in [0.717, 1.165) is 96.3 Å². The van der Waals surface area contributed by atoms with Gasteiger partial charge in [0.2, 0.25) is 5.91 Å². The first-order valence-corrected chi connectivity index (χ1v) is 26.6. The van der Waals surface area contributed by atoms with E-state index in [1.807, 2.05) is 6.08 Å². The van der Waals surface area contributed by atoms with E-state index in [-0.39, 0.29) is 24.9 Å². The highest BCUT2D eigenvalue weighted by molar-refractivity contribution is 5.78. The van der Waals surface area contributed by atoms with Crippen LogP contribution in [0.3, 0.4) is 0 Å². The van der Waals surface area contributed by atoms with Gasteiger partial charge in [0.25, 0.3) is 0 Å². The number of esters is 1. The second-order valence-corrected chi connectivity index (χ2v) is 17.5. The molecule has 3 atom stereocenters. The van der Waals surface area contributed by atoms with Crippen molar-refractivity contribution in [1.29, 1.82) is 0 Å². The highest BCUT2D eigenvalue weighted by atomic mass is 16.5. The third kappa shape index (κ3) is 46.8. The predicted molar refractivity (Wildman–Crippen MR) is 282 cm³/mol. The molecule has 3 N–H and O–H groups in total. The minimum atomic E-state index is -0.828. The largest absolute Gasteiger partial charge is 0.458 e. The van der Waals surface area contributed by atoms with E-state index in [2.05, 4.69) is 123 Å². The normalized spacial score (nSPS) is 14.1. The lowest BCUT2D eigenvalue weighted by molar-refractivity contribution is -0.148. The molecule has 0 aliphatic heterocycles. The number of hydrogen-bond donors (Lipinski definition) is 3. The fourth-order valence-corrected chi connectivity index (χ4v) is 7.32. The molecule has 0 aromatic carbocycles. The van der Waals surface area contributed by atoms with E-state index in [4.69, 9.17) is 4.74 Å². The molecule has 370 valence electrons. The number of aliphatic hydroxyl groups is 2. The van der Waals surface area contributed by atoms with Crippen molar-refractivity contribution in [2.24, 2.45) is 0 Å². The van der Waals surface area contributed by atoms with Gasteiger partial charge in [-0.3, -0.25) is 9.59 Å². The van der Waals surface area contributed by atoms with Gasteiger partial charge in [0, 0.05) is 6.42 Å². The van der Waals surface area contributed by atoms with Gasteiger partial charge in [0.05, 0.1) is 25.2 Å². The van der Waals surface area contributed by atoms with Crippen LogP contribution in [0.25, 0.3) is 0 Å². The monoisotopic (exact) mass is 902 g/mol. The Morgan fingerprint density at radius 3 is 1.34 bits per heavy atom. The topological polar surface area (TPSA) is 95.9 Å². The number of carbonyl (C=O) groups excluding carboxylic acids is 2. The Kier molecular flexibility index (Phi) is 48.7. The summed E-state index contributed by atoms with van der Waals surface area (Å²) in [7, 11) is 0. The summed E-state index contributed by atoms with van der Waals surface area (Å²) in [6.45, 7) is 6.28. The first-order chi connectivity index (χ1) is 32.0. The Hall–Kier alpha value is -3.48. The van der Waals surface area contributed by atoms with Crippen molar-refractivity contribution in [3.05, 3.63) is 109 Å². The summed E-state index contributed by atoms with van der Waals surface area (Å²) >= 11 is 0. The van der Waals surface area contributed by atoms with Crippen LogP contribution in [0.1, 0.15) is 226 Å². The summed E-state index contributed by atoms with van der Waals surface area (Å²) < 4.78 is 5.83.